The van der Waals surface area contributed by atoms with Crippen molar-refractivity contribution in [1.29, 1.82) is 0 Å². The number of carbonyl (C=O) groups is 1. The van der Waals surface area contributed by atoms with Crippen molar-refractivity contribution >= 4 is 21.8 Å². The molecule has 0 spiro atoms. The van der Waals surface area contributed by atoms with Crippen LogP contribution in [0.2, 0.25) is 0 Å². The fourth-order valence-electron chi connectivity index (χ4n) is 0.907. The molecule has 0 saturated heterocycles. The van der Waals surface area contributed by atoms with Crippen molar-refractivity contribution in [1.82, 2.24) is 5.32 Å². The average Bonchev–Trinajstić information content (AvgIpc) is 2.22. The fraction of sp³-hybridized carbons (Fsp3) is 0.889. The van der Waals surface area contributed by atoms with E-state index in [0.29, 0.717) is 13.2 Å². The number of ether oxygens (including phenoxy) is 2. The first-order valence-electron chi connectivity index (χ1n) is 4.59. The highest BCUT2D eigenvalue weighted by molar-refractivity contribution is 9.10. The number of alkyl halides is 1. The highest BCUT2D eigenvalue weighted by atomic mass is 79.9. The zero-order valence-corrected chi connectivity index (χ0v) is 10.5. The van der Waals surface area contributed by atoms with Crippen molar-refractivity contribution < 1.29 is 14.3 Å². The van der Waals surface area contributed by atoms with Crippen LogP contribution < -0.4 is 5.32 Å². The smallest absolute Gasteiger partial charge is 0.233 e. The molecule has 0 rings (SSSR count). The Morgan fingerprint density at radius 2 is 2.14 bits per heavy atom. The Bertz CT molecular complexity index is 166. The van der Waals surface area contributed by atoms with Gasteiger partial charge in [0.05, 0.1) is 17.5 Å². The molecule has 2 atom stereocenters. The number of hydrogen-bond donors (Lipinski definition) is 1. The van der Waals surface area contributed by atoms with Crippen LogP contribution >= 0.6 is 15.9 Å². The largest absolute Gasteiger partial charge is 0.382 e. The van der Waals surface area contributed by atoms with Crippen molar-refractivity contribution in [3.8, 4) is 0 Å². The molecule has 0 saturated carbocycles. The van der Waals surface area contributed by atoms with Gasteiger partial charge in [0.15, 0.2) is 0 Å². The molecule has 0 aliphatic rings. The Morgan fingerprint density at radius 3 is 2.57 bits per heavy atom. The summed E-state index contributed by atoms with van der Waals surface area (Å²) in [5.74, 6) is -0.00865. The van der Waals surface area contributed by atoms with Crippen LogP contribution in [0, 0.1) is 0 Å². The summed E-state index contributed by atoms with van der Waals surface area (Å²) >= 11 is 3.27. The van der Waals surface area contributed by atoms with E-state index in [1.165, 1.54) is 0 Å². The monoisotopic (exact) mass is 267 g/mol. The van der Waals surface area contributed by atoms with Crippen molar-refractivity contribution in [3.63, 3.8) is 0 Å². The molecule has 2 unspecified atom stereocenters. The number of amides is 1. The zero-order chi connectivity index (χ0) is 11.0. The van der Waals surface area contributed by atoms with E-state index in [1.54, 1.807) is 14.2 Å². The maximum absolute atomic E-state index is 11.3. The van der Waals surface area contributed by atoms with Crippen LogP contribution in [0.1, 0.15) is 13.3 Å². The van der Waals surface area contributed by atoms with E-state index in [4.69, 9.17) is 9.47 Å². The predicted octanol–water partition coefficient (Wildman–Crippen LogP) is 0.938. The van der Waals surface area contributed by atoms with Crippen molar-refractivity contribution in [3.05, 3.63) is 0 Å². The van der Waals surface area contributed by atoms with E-state index >= 15 is 0 Å². The minimum Gasteiger partial charge on any atom is -0.382 e. The number of carbonyl (C=O) groups excluding carboxylic acids is 1. The molecule has 0 aromatic carbocycles. The van der Waals surface area contributed by atoms with E-state index in [2.05, 4.69) is 21.2 Å². The van der Waals surface area contributed by atoms with Gasteiger partial charge in [-0.25, -0.2) is 0 Å². The van der Waals surface area contributed by atoms with Crippen molar-refractivity contribution in [2.45, 2.75) is 24.3 Å². The standard InChI is InChI=1S/C9H18BrNO3/c1-4-8(10)9(12)11-5-7(14-3)6-13-2/h7-8H,4-6H2,1-3H3,(H,11,12). The van der Waals surface area contributed by atoms with Gasteiger partial charge in [0.1, 0.15) is 0 Å². The molecule has 5 heteroatoms. The molecular weight excluding hydrogens is 250 g/mol. The van der Waals surface area contributed by atoms with E-state index in [-0.39, 0.29) is 16.8 Å². The van der Waals surface area contributed by atoms with E-state index in [9.17, 15) is 4.79 Å². The van der Waals surface area contributed by atoms with Gasteiger partial charge in [0.25, 0.3) is 0 Å². The summed E-state index contributed by atoms with van der Waals surface area (Å²) in [5, 5.41) is 2.78. The van der Waals surface area contributed by atoms with Gasteiger partial charge in [-0.2, -0.15) is 0 Å². The third kappa shape index (κ3) is 5.57. The van der Waals surface area contributed by atoms with E-state index < -0.39 is 0 Å². The summed E-state index contributed by atoms with van der Waals surface area (Å²) in [6, 6.07) is 0. The molecule has 0 heterocycles. The maximum Gasteiger partial charge on any atom is 0.233 e. The molecule has 84 valence electrons. The van der Waals surface area contributed by atoms with Gasteiger partial charge in [-0.05, 0) is 6.42 Å². The Kier molecular flexibility index (Phi) is 8.12. The lowest BCUT2D eigenvalue weighted by Crippen LogP contribution is -2.38. The molecule has 0 aliphatic carbocycles. The molecule has 0 radical (unpaired) electrons. The highest BCUT2D eigenvalue weighted by Crippen LogP contribution is 2.03. The summed E-state index contributed by atoms with van der Waals surface area (Å²) in [7, 11) is 3.20. The number of halogens is 1. The quantitative estimate of drug-likeness (QED) is 0.699. The van der Waals surface area contributed by atoms with Crippen LogP contribution in [0.4, 0.5) is 0 Å². The Balaban J connectivity index is 3.73. The molecule has 0 aromatic heterocycles. The van der Waals surface area contributed by atoms with Crippen LogP contribution in [-0.2, 0) is 14.3 Å². The Morgan fingerprint density at radius 1 is 1.50 bits per heavy atom. The second-order valence-electron chi connectivity index (χ2n) is 2.93. The minimum absolute atomic E-state index is 0.00865. The van der Waals surface area contributed by atoms with Crippen molar-refractivity contribution in [2.75, 3.05) is 27.4 Å². The van der Waals surface area contributed by atoms with Crippen LogP contribution in [0.15, 0.2) is 0 Å². The lowest BCUT2D eigenvalue weighted by Gasteiger charge is -2.16. The fourth-order valence-corrected chi connectivity index (χ4v) is 1.07. The predicted molar refractivity (Wildman–Crippen MR) is 58.7 cm³/mol. The lowest BCUT2D eigenvalue weighted by atomic mass is 10.3. The van der Waals surface area contributed by atoms with Gasteiger partial charge in [-0.1, -0.05) is 22.9 Å². The second kappa shape index (κ2) is 8.20. The van der Waals surface area contributed by atoms with Gasteiger partial charge in [0.2, 0.25) is 5.91 Å². The number of hydrogen-bond acceptors (Lipinski definition) is 3. The van der Waals surface area contributed by atoms with Crippen LogP contribution in [0.5, 0.6) is 0 Å². The third-order valence-electron chi connectivity index (χ3n) is 1.83. The second-order valence-corrected chi connectivity index (χ2v) is 4.04. The molecule has 0 bridgehead atoms. The highest BCUT2D eigenvalue weighted by Gasteiger charge is 2.14. The van der Waals surface area contributed by atoms with Crippen LogP contribution in [-0.4, -0.2) is 44.2 Å². The Hall–Kier alpha value is -0.130. The number of nitrogens with one attached hydrogen (secondary N) is 1. The maximum atomic E-state index is 11.3. The first-order valence-corrected chi connectivity index (χ1v) is 5.50. The first kappa shape index (κ1) is 13.9. The molecule has 0 aliphatic heterocycles. The number of methoxy groups -OCH3 is 2. The van der Waals surface area contributed by atoms with Gasteiger partial charge < -0.3 is 14.8 Å². The molecule has 1 amide bonds. The van der Waals surface area contributed by atoms with Gasteiger partial charge in [-0.3, -0.25) is 4.79 Å². The SMILES string of the molecule is CCC(Br)C(=O)NCC(COC)OC. The zero-order valence-electron chi connectivity index (χ0n) is 8.88. The lowest BCUT2D eigenvalue weighted by molar-refractivity contribution is -0.121. The summed E-state index contributed by atoms with van der Waals surface area (Å²) < 4.78 is 10.0. The summed E-state index contributed by atoms with van der Waals surface area (Å²) in [5.41, 5.74) is 0. The van der Waals surface area contributed by atoms with Gasteiger partial charge in [0, 0.05) is 20.8 Å². The minimum atomic E-state index is -0.123. The molecule has 1 N–H and O–H groups in total. The summed E-state index contributed by atoms with van der Waals surface area (Å²) in [6.45, 7) is 2.91. The molecule has 14 heavy (non-hydrogen) atoms. The summed E-state index contributed by atoms with van der Waals surface area (Å²) in [6.07, 6.45) is 0.689. The van der Waals surface area contributed by atoms with E-state index in [0.717, 1.165) is 6.42 Å². The first-order chi connectivity index (χ1) is 6.65. The molecule has 4 nitrogen and oxygen atoms in total. The van der Waals surface area contributed by atoms with Crippen LogP contribution in [0.25, 0.3) is 0 Å². The topological polar surface area (TPSA) is 47.6 Å². The van der Waals surface area contributed by atoms with Gasteiger partial charge in [-0.15, -0.1) is 0 Å². The molecular formula is C9H18BrNO3. The van der Waals surface area contributed by atoms with E-state index in [1.807, 2.05) is 6.92 Å². The normalized spacial score (nSPS) is 14.9. The third-order valence-corrected chi connectivity index (χ3v) is 2.90. The van der Waals surface area contributed by atoms with Crippen molar-refractivity contribution in [2.24, 2.45) is 0 Å². The molecule has 0 aromatic rings. The average molecular weight is 268 g/mol. The molecule has 0 fully saturated rings. The van der Waals surface area contributed by atoms with Gasteiger partial charge >= 0.3 is 0 Å². The Labute approximate surface area is 93.5 Å². The summed E-state index contributed by atoms with van der Waals surface area (Å²) in [4.78, 5) is 11.2. The number of rotatable bonds is 7. The van der Waals surface area contributed by atoms with Crippen LogP contribution in [0.3, 0.4) is 0 Å².